The molecule has 32 heavy (non-hydrogen) atoms. The Morgan fingerprint density at radius 1 is 0.625 bits per heavy atom. The van der Waals surface area contributed by atoms with E-state index < -0.39 is 0 Å². The van der Waals surface area contributed by atoms with Crippen LogP contribution in [0.2, 0.25) is 0 Å². The van der Waals surface area contributed by atoms with Crippen molar-refractivity contribution in [2.24, 2.45) is 4.99 Å². The number of benzene rings is 4. The van der Waals surface area contributed by atoms with Crippen molar-refractivity contribution in [1.29, 1.82) is 0 Å². The first kappa shape index (κ1) is 19.5. The van der Waals surface area contributed by atoms with Crippen LogP contribution in [0.1, 0.15) is 5.56 Å². The number of hydrogen-bond donors (Lipinski definition) is 0. The van der Waals surface area contributed by atoms with E-state index in [2.05, 4.69) is 109 Å². The minimum absolute atomic E-state index is 0.966. The second-order valence-corrected chi connectivity index (χ2v) is 10.0. The maximum Gasteiger partial charge on any atom is 0.0642 e. The van der Waals surface area contributed by atoms with Gasteiger partial charge in [0.25, 0.3) is 0 Å². The highest BCUT2D eigenvalue weighted by Gasteiger charge is 2.23. The van der Waals surface area contributed by atoms with Gasteiger partial charge in [-0.2, -0.15) is 0 Å². The summed E-state index contributed by atoms with van der Waals surface area (Å²) in [6.07, 6.45) is 2.00. The van der Waals surface area contributed by atoms with Gasteiger partial charge in [0.15, 0.2) is 0 Å². The average Bonchev–Trinajstić information content (AvgIpc) is 2.83. The second-order valence-electron chi connectivity index (χ2n) is 7.86. The molecule has 0 fully saturated rings. The molecule has 6 rings (SSSR count). The fourth-order valence-corrected chi connectivity index (χ4v) is 6.67. The minimum Gasteiger partial charge on any atom is -0.343 e. The van der Waals surface area contributed by atoms with E-state index in [-0.39, 0.29) is 0 Å². The highest BCUT2D eigenvalue weighted by Crippen LogP contribution is 2.49. The van der Waals surface area contributed by atoms with Gasteiger partial charge >= 0.3 is 0 Å². The van der Waals surface area contributed by atoms with Crippen LogP contribution in [0.4, 0.5) is 28.4 Å². The van der Waals surface area contributed by atoms with Crippen LogP contribution in [0, 0.1) is 0 Å². The second kappa shape index (κ2) is 7.76. The summed E-state index contributed by atoms with van der Waals surface area (Å²) in [6.45, 7) is 0. The number of hydrogen-bond acceptors (Lipinski definition) is 5. The third kappa shape index (κ3) is 3.20. The van der Waals surface area contributed by atoms with Crippen molar-refractivity contribution < 1.29 is 0 Å². The van der Waals surface area contributed by atoms with Crippen LogP contribution in [0.3, 0.4) is 0 Å². The number of aliphatic imine (C=N–C) groups is 1. The van der Waals surface area contributed by atoms with Crippen molar-refractivity contribution in [2.75, 3.05) is 23.9 Å². The number of nitrogens with zero attached hydrogens (tertiary/aromatic N) is 3. The normalized spacial score (nSPS) is 14.1. The molecule has 3 nitrogen and oxygen atoms in total. The molecule has 0 saturated heterocycles. The molecule has 4 aromatic rings. The molecule has 0 saturated carbocycles. The number of fused-ring (bicyclic) bond motifs is 4. The number of anilines is 4. The first-order valence-electron chi connectivity index (χ1n) is 10.5. The van der Waals surface area contributed by atoms with E-state index in [1.807, 2.05) is 29.7 Å². The van der Waals surface area contributed by atoms with Gasteiger partial charge in [-0.15, -0.1) is 0 Å². The van der Waals surface area contributed by atoms with Crippen molar-refractivity contribution in [3.8, 4) is 0 Å². The monoisotopic (exact) mass is 451 g/mol. The maximum absolute atomic E-state index is 4.87. The van der Waals surface area contributed by atoms with E-state index in [9.17, 15) is 0 Å². The summed E-state index contributed by atoms with van der Waals surface area (Å²) in [5.74, 6) is 0. The molecule has 0 unspecified atom stereocenters. The maximum atomic E-state index is 4.87. The first-order chi connectivity index (χ1) is 15.7. The lowest BCUT2D eigenvalue weighted by Crippen LogP contribution is -2.16. The average molecular weight is 452 g/mol. The zero-order valence-corrected chi connectivity index (χ0v) is 19.5. The van der Waals surface area contributed by atoms with Crippen LogP contribution in [0.25, 0.3) is 0 Å². The first-order valence-corrected chi connectivity index (χ1v) is 12.1. The van der Waals surface area contributed by atoms with E-state index in [0.717, 1.165) is 11.3 Å². The van der Waals surface area contributed by atoms with Gasteiger partial charge in [-0.25, -0.2) is 0 Å². The Morgan fingerprint density at radius 3 is 2.03 bits per heavy atom. The van der Waals surface area contributed by atoms with Crippen molar-refractivity contribution in [2.45, 2.75) is 19.6 Å². The van der Waals surface area contributed by atoms with E-state index in [4.69, 9.17) is 4.99 Å². The lowest BCUT2D eigenvalue weighted by molar-refractivity contribution is 1.11. The lowest BCUT2D eigenvalue weighted by atomic mass is 10.1. The van der Waals surface area contributed by atoms with Crippen LogP contribution in [-0.2, 0) is 0 Å². The Balaban J connectivity index is 1.34. The van der Waals surface area contributed by atoms with E-state index in [1.54, 1.807) is 0 Å². The van der Waals surface area contributed by atoms with Crippen molar-refractivity contribution in [1.82, 2.24) is 0 Å². The molecule has 0 aromatic heterocycles. The molecule has 4 aromatic carbocycles. The predicted molar refractivity (Wildman–Crippen MR) is 137 cm³/mol. The zero-order valence-electron chi connectivity index (χ0n) is 17.8. The summed E-state index contributed by atoms with van der Waals surface area (Å²) in [5.41, 5.74) is 7.00. The van der Waals surface area contributed by atoms with Crippen LogP contribution in [-0.4, -0.2) is 20.3 Å². The third-order valence-corrected chi connectivity index (χ3v) is 8.14. The Morgan fingerprint density at radius 2 is 1.25 bits per heavy atom. The summed E-state index contributed by atoms with van der Waals surface area (Å²) in [7, 11) is 4.26. The highest BCUT2D eigenvalue weighted by molar-refractivity contribution is 8.00. The van der Waals surface area contributed by atoms with Gasteiger partial charge in [0, 0.05) is 45.5 Å². The van der Waals surface area contributed by atoms with Crippen molar-refractivity contribution in [3.05, 3.63) is 90.5 Å². The third-order valence-electron chi connectivity index (χ3n) is 5.92. The molecule has 2 aliphatic heterocycles. The molecule has 0 N–H and O–H groups in total. The Kier molecular flexibility index (Phi) is 4.74. The molecular weight excluding hydrogens is 430 g/mol. The number of rotatable bonds is 2. The fourth-order valence-electron chi connectivity index (χ4n) is 4.30. The summed E-state index contributed by atoms with van der Waals surface area (Å²) in [5, 5.41) is 0. The van der Waals surface area contributed by atoms with Crippen LogP contribution < -0.4 is 9.80 Å². The van der Waals surface area contributed by atoms with Crippen LogP contribution in [0.5, 0.6) is 0 Å². The molecule has 2 aliphatic rings. The smallest absolute Gasteiger partial charge is 0.0642 e. The summed E-state index contributed by atoms with van der Waals surface area (Å²) >= 11 is 3.63. The summed E-state index contributed by atoms with van der Waals surface area (Å²) in [4.78, 5) is 14.5. The van der Waals surface area contributed by atoms with E-state index in [0.29, 0.717) is 0 Å². The van der Waals surface area contributed by atoms with Gasteiger partial charge < -0.3 is 9.80 Å². The molecule has 0 aliphatic carbocycles. The topological polar surface area (TPSA) is 18.8 Å². The lowest BCUT2D eigenvalue weighted by Gasteiger charge is -2.30. The highest BCUT2D eigenvalue weighted by atomic mass is 32.2. The summed E-state index contributed by atoms with van der Waals surface area (Å²) < 4.78 is 0. The standard InChI is InChI=1S/C27H21N3S2/c1-29-20-9-3-5-11-23(20)32-26-16-19(14-15-22(26)29)28-17-18-8-7-13-25-27(18)30(2)21-10-4-6-12-24(21)31-25/h3-17H,1-2H3. The number of para-hydroxylation sites is 3. The molecule has 0 amide bonds. The van der Waals surface area contributed by atoms with Gasteiger partial charge in [-0.3, -0.25) is 4.99 Å². The molecule has 5 heteroatoms. The summed E-state index contributed by atoms with van der Waals surface area (Å²) in [6, 6.07) is 30.0. The van der Waals surface area contributed by atoms with Crippen LogP contribution >= 0.6 is 23.5 Å². The largest absolute Gasteiger partial charge is 0.343 e. The SMILES string of the molecule is CN1c2ccccc2Sc2cc(N=Cc3cccc4c3N(C)c3ccccc3S4)ccc21. The van der Waals surface area contributed by atoms with E-state index in [1.165, 1.54) is 42.3 Å². The molecule has 2 heterocycles. The minimum atomic E-state index is 0.966. The van der Waals surface area contributed by atoms with Crippen molar-refractivity contribution >= 4 is 58.2 Å². The molecule has 0 bridgehead atoms. The van der Waals surface area contributed by atoms with Gasteiger partial charge in [0.2, 0.25) is 0 Å². The quantitative estimate of drug-likeness (QED) is 0.288. The Hall–Kier alpha value is -3.15. The predicted octanol–water partition coefficient (Wildman–Crippen LogP) is 7.90. The van der Waals surface area contributed by atoms with Gasteiger partial charge in [-0.05, 0) is 48.5 Å². The molecule has 156 valence electrons. The van der Waals surface area contributed by atoms with E-state index >= 15 is 0 Å². The fraction of sp³-hybridized carbons (Fsp3) is 0.0741. The molecular formula is C27H21N3S2. The van der Waals surface area contributed by atoms with Crippen LogP contribution in [0.15, 0.2) is 110 Å². The van der Waals surface area contributed by atoms with Gasteiger partial charge in [-0.1, -0.05) is 59.9 Å². The Bertz CT molecular complexity index is 1380. The molecule has 0 spiro atoms. The zero-order chi connectivity index (χ0) is 21.7. The van der Waals surface area contributed by atoms with Crippen molar-refractivity contribution in [3.63, 3.8) is 0 Å². The van der Waals surface area contributed by atoms with Gasteiger partial charge in [0.1, 0.15) is 0 Å². The molecule has 0 atom stereocenters. The van der Waals surface area contributed by atoms with Gasteiger partial charge in [0.05, 0.1) is 28.4 Å². The molecule has 0 radical (unpaired) electrons. The Labute approximate surface area is 196 Å².